The van der Waals surface area contributed by atoms with Crippen LogP contribution in [0.2, 0.25) is 10.0 Å². The van der Waals surface area contributed by atoms with Gasteiger partial charge < -0.3 is 4.90 Å². The Morgan fingerprint density at radius 2 is 1.58 bits per heavy atom. The molecule has 24 heavy (non-hydrogen) atoms. The molecule has 0 amide bonds. The quantitative estimate of drug-likeness (QED) is 0.807. The van der Waals surface area contributed by atoms with E-state index in [9.17, 15) is 8.42 Å². The molecule has 0 aliphatic carbocycles. The molecule has 7 heteroatoms. The summed E-state index contributed by atoms with van der Waals surface area (Å²) in [5, 5.41) is 0.976. The van der Waals surface area contributed by atoms with Crippen molar-refractivity contribution in [3.05, 3.63) is 58.1 Å². The van der Waals surface area contributed by atoms with Gasteiger partial charge in [-0.05, 0) is 36.8 Å². The highest BCUT2D eigenvalue weighted by molar-refractivity contribution is 7.89. The molecule has 0 radical (unpaired) electrons. The van der Waals surface area contributed by atoms with Gasteiger partial charge in [-0.3, -0.25) is 0 Å². The molecule has 0 atom stereocenters. The van der Waals surface area contributed by atoms with E-state index in [-0.39, 0.29) is 9.92 Å². The fraction of sp³-hybridized carbons (Fsp3) is 0.294. The minimum atomic E-state index is -3.56. The molecule has 3 rings (SSSR count). The second-order valence-electron chi connectivity index (χ2n) is 5.76. The number of benzene rings is 2. The van der Waals surface area contributed by atoms with E-state index >= 15 is 0 Å². The standard InChI is InChI=1S/C17H18Cl2N2O2S/c1-13-6-7-14(12-16(13)19)20-8-10-21(11-9-20)24(22,23)17-5-3-2-4-15(17)18/h2-7,12H,8-11H2,1H3. The molecule has 0 spiro atoms. The maximum Gasteiger partial charge on any atom is 0.244 e. The lowest BCUT2D eigenvalue weighted by Crippen LogP contribution is -2.48. The minimum absolute atomic E-state index is 0.165. The average molecular weight is 385 g/mol. The van der Waals surface area contributed by atoms with Gasteiger partial charge in [0.1, 0.15) is 4.90 Å². The highest BCUT2D eigenvalue weighted by Crippen LogP contribution is 2.27. The first-order chi connectivity index (χ1) is 11.4. The molecule has 4 nitrogen and oxygen atoms in total. The van der Waals surface area contributed by atoms with Crippen molar-refractivity contribution in [2.75, 3.05) is 31.1 Å². The topological polar surface area (TPSA) is 40.6 Å². The molecule has 2 aromatic rings. The predicted octanol–water partition coefficient (Wildman–Crippen LogP) is 3.81. The molecule has 0 N–H and O–H groups in total. The zero-order valence-corrected chi connectivity index (χ0v) is 15.6. The molecule has 1 aliphatic heterocycles. The molecule has 1 saturated heterocycles. The average Bonchev–Trinajstić information content (AvgIpc) is 2.58. The van der Waals surface area contributed by atoms with Gasteiger partial charge >= 0.3 is 0 Å². The molecule has 0 aromatic heterocycles. The van der Waals surface area contributed by atoms with Crippen LogP contribution < -0.4 is 4.90 Å². The van der Waals surface area contributed by atoms with Crippen molar-refractivity contribution in [1.82, 2.24) is 4.31 Å². The summed E-state index contributed by atoms with van der Waals surface area (Å²) >= 11 is 12.2. The number of rotatable bonds is 3. The Bertz CT molecular complexity index is 847. The highest BCUT2D eigenvalue weighted by atomic mass is 35.5. The number of hydrogen-bond acceptors (Lipinski definition) is 3. The SMILES string of the molecule is Cc1ccc(N2CCN(S(=O)(=O)c3ccccc3Cl)CC2)cc1Cl. The maximum atomic E-state index is 12.8. The first-order valence-corrected chi connectivity index (χ1v) is 9.85. The number of piperazine rings is 1. The van der Waals surface area contributed by atoms with Gasteiger partial charge in [0.25, 0.3) is 0 Å². The molecule has 0 saturated carbocycles. The van der Waals surface area contributed by atoms with Crippen LogP contribution in [0.3, 0.4) is 0 Å². The van der Waals surface area contributed by atoms with Gasteiger partial charge in [-0.2, -0.15) is 4.31 Å². The Kier molecular flexibility index (Phi) is 5.06. The lowest BCUT2D eigenvalue weighted by molar-refractivity contribution is 0.385. The predicted molar refractivity (Wildman–Crippen MR) is 98.6 cm³/mol. The van der Waals surface area contributed by atoms with E-state index in [0.717, 1.165) is 16.3 Å². The normalized spacial score (nSPS) is 16.4. The Hall–Kier alpha value is -1.27. The summed E-state index contributed by atoms with van der Waals surface area (Å²) < 4.78 is 27.0. The van der Waals surface area contributed by atoms with Crippen molar-refractivity contribution >= 4 is 38.9 Å². The van der Waals surface area contributed by atoms with E-state index < -0.39 is 10.0 Å². The number of aryl methyl sites for hydroxylation is 1. The van der Waals surface area contributed by atoms with Crippen LogP contribution in [-0.2, 0) is 10.0 Å². The first kappa shape index (κ1) is 17.5. The number of sulfonamides is 1. The Balaban J connectivity index is 1.75. The van der Waals surface area contributed by atoms with Crippen LogP contribution in [-0.4, -0.2) is 38.9 Å². The van der Waals surface area contributed by atoms with Gasteiger partial charge in [0.2, 0.25) is 10.0 Å². The fourth-order valence-electron chi connectivity index (χ4n) is 2.76. The fourth-order valence-corrected chi connectivity index (χ4v) is 4.85. The van der Waals surface area contributed by atoms with Gasteiger partial charge in [0, 0.05) is 36.9 Å². The van der Waals surface area contributed by atoms with Gasteiger partial charge in [0.15, 0.2) is 0 Å². The van der Waals surface area contributed by atoms with Crippen LogP contribution >= 0.6 is 23.2 Å². The molecule has 1 heterocycles. The minimum Gasteiger partial charge on any atom is -0.369 e. The van der Waals surface area contributed by atoms with Gasteiger partial charge in [-0.25, -0.2) is 8.42 Å². The summed E-state index contributed by atoms with van der Waals surface area (Å²) in [5.74, 6) is 0. The molecule has 1 aliphatic rings. The number of hydrogen-bond donors (Lipinski definition) is 0. The van der Waals surface area contributed by atoms with Crippen molar-refractivity contribution in [2.45, 2.75) is 11.8 Å². The van der Waals surface area contributed by atoms with Crippen LogP contribution in [0.5, 0.6) is 0 Å². The van der Waals surface area contributed by atoms with E-state index in [1.165, 1.54) is 4.31 Å². The third kappa shape index (κ3) is 3.40. The third-order valence-electron chi connectivity index (χ3n) is 4.21. The lowest BCUT2D eigenvalue weighted by atomic mass is 10.2. The monoisotopic (exact) mass is 384 g/mol. The molecule has 0 unspecified atom stereocenters. The Morgan fingerprint density at radius 1 is 0.917 bits per heavy atom. The maximum absolute atomic E-state index is 12.8. The van der Waals surface area contributed by atoms with Crippen LogP contribution in [0.25, 0.3) is 0 Å². The second kappa shape index (κ2) is 6.92. The highest BCUT2D eigenvalue weighted by Gasteiger charge is 2.30. The van der Waals surface area contributed by atoms with Crippen molar-refractivity contribution in [1.29, 1.82) is 0 Å². The van der Waals surface area contributed by atoms with Crippen LogP contribution in [0.1, 0.15) is 5.56 Å². The molecule has 0 bridgehead atoms. The summed E-state index contributed by atoms with van der Waals surface area (Å²) in [6.45, 7) is 4.02. The molecule has 128 valence electrons. The molecule has 1 fully saturated rings. The number of nitrogens with zero attached hydrogens (tertiary/aromatic N) is 2. The van der Waals surface area contributed by atoms with E-state index in [0.29, 0.717) is 26.2 Å². The van der Waals surface area contributed by atoms with E-state index in [1.54, 1.807) is 24.3 Å². The van der Waals surface area contributed by atoms with Gasteiger partial charge in [-0.15, -0.1) is 0 Å². The zero-order chi connectivity index (χ0) is 17.3. The summed E-state index contributed by atoms with van der Waals surface area (Å²) in [5.41, 5.74) is 2.04. The van der Waals surface area contributed by atoms with E-state index in [4.69, 9.17) is 23.2 Å². The van der Waals surface area contributed by atoms with Crippen molar-refractivity contribution in [2.24, 2.45) is 0 Å². The summed E-state index contributed by atoms with van der Waals surface area (Å²) in [7, 11) is -3.56. The van der Waals surface area contributed by atoms with E-state index in [1.807, 2.05) is 25.1 Å². The molecular weight excluding hydrogens is 367 g/mol. The van der Waals surface area contributed by atoms with Crippen LogP contribution in [0.15, 0.2) is 47.4 Å². The largest absolute Gasteiger partial charge is 0.369 e. The second-order valence-corrected chi connectivity index (χ2v) is 8.48. The van der Waals surface area contributed by atoms with Crippen LogP contribution in [0, 0.1) is 6.92 Å². The van der Waals surface area contributed by atoms with Gasteiger partial charge in [-0.1, -0.05) is 41.4 Å². The smallest absolute Gasteiger partial charge is 0.244 e. The van der Waals surface area contributed by atoms with Crippen LogP contribution in [0.4, 0.5) is 5.69 Å². The number of halogens is 2. The first-order valence-electron chi connectivity index (χ1n) is 7.65. The summed E-state index contributed by atoms with van der Waals surface area (Å²) in [6.07, 6.45) is 0. The Labute approximate surface area is 152 Å². The third-order valence-corrected chi connectivity index (χ3v) is 7.02. The van der Waals surface area contributed by atoms with Crippen molar-refractivity contribution < 1.29 is 8.42 Å². The van der Waals surface area contributed by atoms with Gasteiger partial charge in [0.05, 0.1) is 5.02 Å². The number of anilines is 1. The zero-order valence-electron chi connectivity index (χ0n) is 13.2. The molecular formula is C17H18Cl2N2O2S. The molecule has 2 aromatic carbocycles. The van der Waals surface area contributed by atoms with E-state index in [2.05, 4.69) is 4.90 Å². The van der Waals surface area contributed by atoms with Crippen molar-refractivity contribution in [3.8, 4) is 0 Å². The van der Waals surface area contributed by atoms with Crippen molar-refractivity contribution in [3.63, 3.8) is 0 Å². The summed E-state index contributed by atoms with van der Waals surface area (Å²) in [4.78, 5) is 2.31. The lowest BCUT2D eigenvalue weighted by Gasteiger charge is -2.35. The Morgan fingerprint density at radius 3 is 2.21 bits per heavy atom. The summed E-state index contributed by atoms with van der Waals surface area (Å²) in [6, 6.07) is 12.5.